The molecule has 1 aliphatic rings. The first-order chi connectivity index (χ1) is 12.8. The lowest BCUT2D eigenvalue weighted by molar-refractivity contribution is -0.114. The second-order valence-corrected chi connectivity index (χ2v) is 8.46. The quantitative estimate of drug-likeness (QED) is 0.870. The van der Waals surface area contributed by atoms with Crippen LogP contribution in [0.1, 0.15) is 12.5 Å². The Bertz CT molecular complexity index is 937. The monoisotopic (exact) mass is 391 g/mol. The van der Waals surface area contributed by atoms with Crippen molar-refractivity contribution in [3.05, 3.63) is 53.8 Å². The maximum atomic E-state index is 13.1. The number of nitrogens with zero attached hydrogens (tertiary/aromatic N) is 2. The van der Waals surface area contributed by atoms with Crippen LogP contribution in [0.25, 0.3) is 0 Å². The number of aryl methyl sites for hydroxylation is 1. The first kappa shape index (κ1) is 19.3. The SMILES string of the molecule is CC(=O)Nc1ccc(S(=O)(=O)N2CCN(c3ccc(F)cc3)CC2)cc1C. The summed E-state index contributed by atoms with van der Waals surface area (Å²) in [5, 5.41) is 2.68. The van der Waals surface area contributed by atoms with Crippen LogP contribution in [0.15, 0.2) is 47.4 Å². The number of carbonyl (C=O) groups excluding carboxylic acids is 1. The molecule has 2 aromatic carbocycles. The van der Waals surface area contributed by atoms with Crippen molar-refractivity contribution in [3.63, 3.8) is 0 Å². The first-order valence-corrected chi connectivity index (χ1v) is 10.1. The molecule has 0 atom stereocenters. The Morgan fingerprint density at radius 2 is 1.67 bits per heavy atom. The van der Waals surface area contributed by atoms with Crippen LogP contribution in [0.5, 0.6) is 0 Å². The minimum atomic E-state index is -3.61. The summed E-state index contributed by atoms with van der Waals surface area (Å²) < 4.78 is 40.4. The van der Waals surface area contributed by atoms with Crippen LogP contribution in [-0.4, -0.2) is 44.8 Å². The fraction of sp³-hybridized carbons (Fsp3) is 0.316. The number of nitrogens with one attached hydrogen (secondary N) is 1. The highest BCUT2D eigenvalue weighted by Crippen LogP contribution is 2.24. The van der Waals surface area contributed by atoms with E-state index in [1.54, 1.807) is 31.2 Å². The van der Waals surface area contributed by atoms with Gasteiger partial charge in [0.1, 0.15) is 5.82 Å². The Kier molecular flexibility index (Phi) is 5.48. The second kappa shape index (κ2) is 7.66. The lowest BCUT2D eigenvalue weighted by Gasteiger charge is -2.35. The van der Waals surface area contributed by atoms with Crippen molar-refractivity contribution in [2.45, 2.75) is 18.7 Å². The molecular weight excluding hydrogens is 369 g/mol. The molecule has 3 rings (SSSR count). The standard InChI is InChI=1S/C19H22FN3O3S/c1-14-13-18(7-8-19(14)21-15(2)24)27(25,26)23-11-9-22(10-12-23)17-5-3-16(20)4-6-17/h3-8,13H,9-12H2,1-2H3,(H,21,24). The smallest absolute Gasteiger partial charge is 0.243 e. The molecule has 1 fully saturated rings. The van der Waals surface area contributed by atoms with E-state index in [1.165, 1.54) is 29.4 Å². The topological polar surface area (TPSA) is 69.7 Å². The molecule has 27 heavy (non-hydrogen) atoms. The van der Waals surface area contributed by atoms with Gasteiger partial charge in [-0.25, -0.2) is 12.8 Å². The largest absolute Gasteiger partial charge is 0.369 e. The van der Waals surface area contributed by atoms with Crippen LogP contribution in [0, 0.1) is 12.7 Å². The number of rotatable bonds is 4. The number of hydrogen-bond acceptors (Lipinski definition) is 4. The van der Waals surface area contributed by atoms with Crippen molar-refractivity contribution in [1.29, 1.82) is 0 Å². The van der Waals surface area contributed by atoms with E-state index in [2.05, 4.69) is 5.32 Å². The van der Waals surface area contributed by atoms with E-state index in [4.69, 9.17) is 0 Å². The van der Waals surface area contributed by atoms with E-state index in [9.17, 15) is 17.6 Å². The normalized spacial score (nSPS) is 15.6. The third-order valence-electron chi connectivity index (χ3n) is 4.58. The Hall–Kier alpha value is -2.45. The summed E-state index contributed by atoms with van der Waals surface area (Å²) in [6.45, 7) is 4.95. The van der Waals surface area contributed by atoms with Gasteiger partial charge in [0.25, 0.3) is 0 Å². The lowest BCUT2D eigenvalue weighted by Crippen LogP contribution is -2.48. The van der Waals surface area contributed by atoms with Crippen molar-refractivity contribution in [1.82, 2.24) is 4.31 Å². The predicted octanol–water partition coefficient (Wildman–Crippen LogP) is 2.60. The summed E-state index contributed by atoms with van der Waals surface area (Å²) in [4.78, 5) is 13.4. The van der Waals surface area contributed by atoms with Crippen LogP contribution in [0.4, 0.5) is 15.8 Å². The molecule has 0 unspecified atom stereocenters. The van der Waals surface area contributed by atoms with E-state index >= 15 is 0 Å². The molecule has 2 aromatic rings. The van der Waals surface area contributed by atoms with Gasteiger partial charge in [0.05, 0.1) is 4.90 Å². The van der Waals surface area contributed by atoms with E-state index in [0.29, 0.717) is 37.4 Å². The van der Waals surface area contributed by atoms with Gasteiger partial charge in [-0.15, -0.1) is 0 Å². The van der Waals surface area contributed by atoms with Crippen molar-refractivity contribution < 1.29 is 17.6 Å². The molecular formula is C19H22FN3O3S. The third kappa shape index (κ3) is 4.28. The number of carbonyl (C=O) groups is 1. The van der Waals surface area contributed by atoms with Gasteiger partial charge in [-0.3, -0.25) is 4.79 Å². The molecule has 0 aliphatic carbocycles. The number of sulfonamides is 1. The van der Waals surface area contributed by atoms with Gasteiger partial charge in [0, 0.05) is 44.5 Å². The summed E-state index contributed by atoms with van der Waals surface area (Å²) in [5.41, 5.74) is 2.17. The Labute approximate surface area is 158 Å². The molecule has 1 aliphatic heterocycles. The molecule has 0 spiro atoms. The fourth-order valence-electron chi connectivity index (χ4n) is 3.11. The molecule has 0 saturated carbocycles. The number of piperazine rings is 1. The van der Waals surface area contributed by atoms with Crippen molar-refractivity contribution in [2.75, 3.05) is 36.4 Å². The Morgan fingerprint density at radius 3 is 2.22 bits per heavy atom. The van der Waals surface area contributed by atoms with Crippen molar-refractivity contribution >= 4 is 27.3 Å². The molecule has 1 N–H and O–H groups in total. The Balaban J connectivity index is 1.72. The highest BCUT2D eigenvalue weighted by Gasteiger charge is 2.29. The average Bonchev–Trinajstić information content (AvgIpc) is 2.64. The zero-order chi connectivity index (χ0) is 19.6. The van der Waals surface area contributed by atoms with E-state index < -0.39 is 10.0 Å². The highest BCUT2D eigenvalue weighted by atomic mass is 32.2. The van der Waals surface area contributed by atoms with Gasteiger partial charge in [0.2, 0.25) is 15.9 Å². The van der Waals surface area contributed by atoms with E-state index in [-0.39, 0.29) is 16.6 Å². The number of benzene rings is 2. The van der Waals surface area contributed by atoms with Crippen molar-refractivity contribution in [2.24, 2.45) is 0 Å². The number of anilines is 2. The number of hydrogen-bond donors (Lipinski definition) is 1. The zero-order valence-corrected chi connectivity index (χ0v) is 16.1. The predicted molar refractivity (Wildman–Crippen MR) is 103 cm³/mol. The summed E-state index contributed by atoms with van der Waals surface area (Å²) in [7, 11) is -3.61. The zero-order valence-electron chi connectivity index (χ0n) is 15.3. The number of amides is 1. The number of halogens is 1. The van der Waals surface area contributed by atoms with Crippen LogP contribution >= 0.6 is 0 Å². The molecule has 0 radical (unpaired) electrons. The summed E-state index contributed by atoms with van der Waals surface area (Å²) >= 11 is 0. The van der Waals surface area contributed by atoms with Gasteiger partial charge in [-0.1, -0.05) is 0 Å². The lowest BCUT2D eigenvalue weighted by atomic mass is 10.2. The molecule has 8 heteroatoms. The van der Waals surface area contributed by atoms with Crippen LogP contribution in [0.3, 0.4) is 0 Å². The molecule has 144 valence electrons. The molecule has 1 heterocycles. The molecule has 1 amide bonds. The van der Waals surface area contributed by atoms with Gasteiger partial charge < -0.3 is 10.2 Å². The van der Waals surface area contributed by atoms with Crippen LogP contribution in [0.2, 0.25) is 0 Å². The highest BCUT2D eigenvalue weighted by molar-refractivity contribution is 7.89. The van der Waals surface area contributed by atoms with Gasteiger partial charge in [-0.2, -0.15) is 4.31 Å². The molecule has 0 aromatic heterocycles. The van der Waals surface area contributed by atoms with E-state index in [1.807, 2.05) is 4.90 Å². The van der Waals surface area contributed by atoms with Gasteiger partial charge in [0.15, 0.2) is 0 Å². The maximum Gasteiger partial charge on any atom is 0.243 e. The minimum Gasteiger partial charge on any atom is -0.369 e. The van der Waals surface area contributed by atoms with Gasteiger partial charge in [-0.05, 0) is 55.0 Å². The second-order valence-electron chi connectivity index (χ2n) is 6.53. The summed E-state index contributed by atoms with van der Waals surface area (Å²) in [6, 6.07) is 10.9. The molecule has 1 saturated heterocycles. The first-order valence-electron chi connectivity index (χ1n) is 8.66. The average molecular weight is 391 g/mol. The molecule has 6 nitrogen and oxygen atoms in total. The summed E-state index contributed by atoms with van der Waals surface area (Å²) in [5.74, 6) is -0.497. The van der Waals surface area contributed by atoms with Crippen LogP contribution < -0.4 is 10.2 Å². The summed E-state index contributed by atoms with van der Waals surface area (Å²) in [6.07, 6.45) is 0. The fourth-order valence-corrected chi connectivity index (χ4v) is 4.62. The minimum absolute atomic E-state index is 0.203. The third-order valence-corrected chi connectivity index (χ3v) is 6.47. The Morgan fingerprint density at radius 1 is 1.04 bits per heavy atom. The van der Waals surface area contributed by atoms with E-state index in [0.717, 1.165) is 5.69 Å². The van der Waals surface area contributed by atoms with Crippen LogP contribution in [-0.2, 0) is 14.8 Å². The maximum absolute atomic E-state index is 13.1. The van der Waals surface area contributed by atoms with Gasteiger partial charge >= 0.3 is 0 Å². The molecule has 0 bridgehead atoms. The van der Waals surface area contributed by atoms with Crippen molar-refractivity contribution in [3.8, 4) is 0 Å².